The molecule has 6 rings (SSSR count). The lowest BCUT2D eigenvalue weighted by Crippen LogP contribution is -2.50. The van der Waals surface area contributed by atoms with Gasteiger partial charge in [-0.3, -0.25) is 9.12 Å². The lowest BCUT2D eigenvalue weighted by molar-refractivity contribution is -0.0103. The Morgan fingerprint density at radius 1 is 1.14 bits per heavy atom. The maximum Gasteiger partial charge on any atom is 0.279 e. The number of aromatic nitrogens is 4. The van der Waals surface area contributed by atoms with Crippen molar-refractivity contribution in [3.63, 3.8) is 0 Å². The predicted octanol–water partition coefficient (Wildman–Crippen LogP) is 4.67. The monoisotopic (exact) mass is 591 g/mol. The zero-order chi connectivity index (χ0) is 29.6. The summed E-state index contributed by atoms with van der Waals surface area (Å²) in [5.74, 6) is 0.364. The van der Waals surface area contributed by atoms with Crippen LogP contribution in [0.5, 0.6) is 0 Å². The maximum absolute atomic E-state index is 15.4. The van der Waals surface area contributed by atoms with Crippen molar-refractivity contribution >= 4 is 32.6 Å². The first-order chi connectivity index (χ1) is 20.1. The highest BCUT2D eigenvalue weighted by Crippen LogP contribution is 2.36. The van der Waals surface area contributed by atoms with Crippen LogP contribution in [0.3, 0.4) is 0 Å². The van der Waals surface area contributed by atoms with Crippen LogP contribution < -0.4 is 15.8 Å². The summed E-state index contributed by atoms with van der Waals surface area (Å²) >= 11 is 0. The molecular formula is C30H34FN7O3S. The average Bonchev–Trinajstić information content (AvgIpc) is 3.35. The number of fused-ring (bicyclic) bond motifs is 1. The zero-order valence-electron chi connectivity index (χ0n) is 23.8. The third-order valence-corrected chi connectivity index (χ3v) is 8.99. The number of benzene rings is 1. The Hall–Kier alpha value is -3.87. The summed E-state index contributed by atoms with van der Waals surface area (Å²) in [6, 6.07) is 8.22. The largest absolute Gasteiger partial charge is 0.382 e. The van der Waals surface area contributed by atoms with Gasteiger partial charge in [-0.15, -0.1) is 0 Å². The molecule has 2 aliphatic rings. The fourth-order valence-electron chi connectivity index (χ4n) is 5.46. The van der Waals surface area contributed by atoms with Gasteiger partial charge in [-0.2, -0.15) is 8.42 Å². The lowest BCUT2D eigenvalue weighted by Gasteiger charge is -2.33. The normalized spacial score (nSPS) is 17.8. The minimum absolute atomic E-state index is 0.0433. The van der Waals surface area contributed by atoms with Gasteiger partial charge in [0, 0.05) is 23.7 Å². The Bertz CT molecular complexity index is 1800. The molecule has 1 unspecified atom stereocenters. The Morgan fingerprint density at radius 2 is 1.95 bits per heavy atom. The van der Waals surface area contributed by atoms with Gasteiger partial charge in [0.05, 0.1) is 36.8 Å². The minimum atomic E-state index is -4.08. The number of halogens is 1. The minimum Gasteiger partial charge on any atom is -0.382 e. The van der Waals surface area contributed by atoms with Crippen molar-refractivity contribution in [2.24, 2.45) is 0 Å². The molecule has 0 saturated carbocycles. The van der Waals surface area contributed by atoms with Crippen LogP contribution >= 0.6 is 0 Å². The lowest BCUT2D eigenvalue weighted by atomic mass is 9.92. The molecule has 0 radical (unpaired) electrons. The van der Waals surface area contributed by atoms with E-state index in [0.29, 0.717) is 28.9 Å². The Kier molecular flexibility index (Phi) is 7.46. The molecular weight excluding hydrogens is 557 g/mol. The number of allylic oxidation sites excluding steroid dienone is 1. The number of hydrogen-bond donors (Lipinski definition) is 3. The quantitative estimate of drug-likeness (QED) is 0.269. The van der Waals surface area contributed by atoms with Crippen molar-refractivity contribution in [1.82, 2.24) is 24.7 Å². The van der Waals surface area contributed by atoms with Crippen LogP contribution in [0.15, 0.2) is 53.8 Å². The predicted molar refractivity (Wildman–Crippen MR) is 160 cm³/mol. The second-order valence-corrected chi connectivity index (χ2v) is 12.9. The first kappa shape index (κ1) is 28.3. The van der Waals surface area contributed by atoms with Gasteiger partial charge in [-0.1, -0.05) is 26.0 Å². The Balaban J connectivity index is 1.35. The van der Waals surface area contributed by atoms with Crippen molar-refractivity contribution in [2.45, 2.75) is 63.1 Å². The van der Waals surface area contributed by atoms with Crippen LogP contribution in [0.4, 0.5) is 15.9 Å². The van der Waals surface area contributed by atoms with Crippen molar-refractivity contribution in [3.05, 3.63) is 71.7 Å². The SMILES string of the molecule is Cc1ccnc(S(=O)(=O)Nc2ccc(-c3nc(C(C)C)n4c(C5=CCC(NC6COC6)CC5)cnc(N)c34)cc2F)c1. The molecule has 42 heavy (non-hydrogen) atoms. The highest BCUT2D eigenvalue weighted by molar-refractivity contribution is 7.92. The molecule has 1 atom stereocenters. The highest BCUT2D eigenvalue weighted by atomic mass is 32.2. The summed E-state index contributed by atoms with van der Waals surface area (Å²) in [4.78, 5) is 13.4. The van der Waals surface area contributed by atoms with Gasteiger partial charge in [0.15, 0.2) is 5.03 Å². The molecule has 4 heterocycles. The topological polar surface area (TPSA) is 137 Å². The average molecular weight is 592 g/mol. The highest BCUT2D eigenvalue weighted by Gasteiger charge is 2.27. The molecule has 1 fully saturated rings. The van der Waals surface area contributed by atoms with Gasteiger partial charge in [-0.05, 0) is 61.6 Å². The van der Waals surface area contributed by atoms with Crippen LogP contribution in [0, 0.1) is 12.7 Å². The molecule has 220 valence electrons. The Labute approximate surface area is 244 Å². The molecule has 10 nitrogen and oxygen atoms in total. The first-order valence-electron chi connectivity index (χ1n) is 14.1. The molecule has 0 bridgehead atoms. The number of ether oxygens (including phenoxy) is 1. The van der Waals surface area contributed by atoms with E-state index in [1.807, 2.05) is 18.2 Å². The van der Waals surface area contributed by atoms with Crippen LogP contribution in [0.1, 0.15) is 56.1 Å². The molecule has 1 saturated heterocycles. The first-order valence-corrected chi connectivity index (χ1v) is 15.5. The molecule has 3 aromatic heterocycles. The number of nitrogens with zero attached hydrogens (tertiary/aromatic N) is 4. The van der Waals surface area contributed by atoms with E-state index in [2.05, 4.69) is 26.1 Å². The number of imidazole rings is 1. The summed E-state index contributed by atoms with van der Waals surface area (Å²) in [5.41, 5.74) is 10.6. The Morgan fingerprint density at radius 3 is 2.60 bits per heavy atom. The number of aryl methyl sites for hydroxylation is 1. The van der Waals surface area contributed by atoms with Crippen LogP contribution in [0.2, 0.25) is 0 Å². The van der Waals surface area contributed by atoms with Gasteiger partial charge in [0.25, 0.3) is 10.0 Å². The number of hydrogen-bond acceptors (Lipinski definition) is 8. The smallest absolute Gasteiger partial charge is 0.279 e. The number of rotatable bonds is 8. The second kappa shape index (κ2) is 11.1. The summed E-state index contributed by atoms with van der Waals surface area (Å²) in [5, 5.41) is 3.47. The van der Waals surface area contributed by atoms with Crippen molar-refractivity contribution in [1.29, 1.82) is 0 Å². The summed E-state index contributed by atoms with van der Waals surface area (Å²) in [6.45, 7) is 7.39. The van der Waals surface area contributed by atoms with E-state index in [0.717, 1.165) is 49.6 Å². The molecule has 12 heteroatoms. The third kappa shape index (κ3) is 5.37. The van der Waals surface area contributed by atoms with E-state index in [1.54, 1.807) is 25.3 Å². The summed E-state index contributed by atoms with van der Waals surface area (Å²) in [7, 11) is -4.08. The summed E-state index contributed by atoms with van der Waals surface area (Å²) in [6.07, 6.45) is 8.20. The fourth-order valence-corrected chi connectivity index (χ4v) is 6.56. The molecule has 0 spiro atoms. The molecule has 1 aliphatic heterocycles. The summed E-state index contributed by atoms with van der Waals surface area (Å²) < 4.78 is 50.7. The number of pyridine rings is 1. The molecule has 1 aromatic carbocycles. The van der Waals surface area contributed by atoms with Gasteiger partial charge >= 0.3 is 0 Å². The van der Waals surface area contributed by atoms with Crippen LogP contribution in [-0.2, 0) is 14.8 Å². The van der Waals surface area contributed by atoms with E-state index in [9.17, 15) is 8.42 Å². The van der Waals surface area contributed by atoms with Gasteiger partial charge in [0.2, 0.25) is 0 Å². The van der Waals surface area contributed by atoms with E-state index in [1.165, 1.54) is 30.0 Å². The standard InChI is InChI=1S/C30H34FN7O3S/c1-17(2)30-36-27(20-6-9-24(23(31)13-20)37-42(39,40)26-12-18(3)10-11-33-26)28-29(32)34-14-25(38(28)30)19-4-7-21(8-5-19)35-22-15-41-16-22/h4,6,9-14,17,21-22,35,37H,5,7-8,15-16H2,1-3H3,(H2,32,34). The van der Waals surface area contributed by atoms with Gasteiger partial charge < -0.3 is 15.8 Å². The van der Waals surface area contributed by atoms with Gasteiger partial charge in [-0.25, -0.2) is 19.3 Å². The van der Waals surface area contributed by atoms with Crippen molar-refractivity contribution in [3.8, 4) is 11.3 Å². The number of nitrogen functional groups attached to an aromatic ring is 1. The van der Waals surface area contributed by atoms with E-state index < -0.39 is 15.8 Å². The molecule has 4 aromatic rings. The zero-order valence-corrected chi connectivity index (χ0v) is 24.6. The molecule has 0 amide bonds. The number of anilines is 2. The third-order valence-electron chi connectivity index (χ3n) is 7.73. The van der Waals surface area contributed by atoms with Crippen LogP contribution in [-0.4, -0.2) is 53.1 Å². The molecule has 1 aliphatic carbocycles. The van der Waals surface area contributed by atoms with Gasteiger partial charge in [0.1, 0.15) is 28.7 Å². The van der Waals surface area contributed by atoms with Crippen LogP contribution in [0.25, 0.3) is 22.3 Å². The van der Waals surface area contributed by atoms with Crippen molar-refractivity contribution in [2.75, 3.05) is 23.7 Å². The fraction of sp³-hybridized carbons (Fsp3) is 0.367. The number of nitrogens with one attached hydrogen (secondary N) is 2. The molecule has 4 N–H and O–H groups in total. The van der Waals surface area contributed by atoms with E-state index >= 15 is 4.39 Å². The van der Waals surface area contributed by atoms with E-state index in [4.69, 9.17) is 15.5 Å². The van der Waals surface area contributed by atoms with Crippen molar-refractivity contribution < 1.29 is 17.5 Å². The van der Waals surface area contributed by atoms with E-state index in [-0.39, 0.29) is 22.4 Å². The number of nitrogens with two attached hydrogens (primary N) is 1. The maximum atomic E-state index is 15.4. The number of sulfonamides is 1. The second-order valence-electron chi connectivity index (χ2n) is 11.3.